The minimum absolute atomic E-state index is 0.0671. The van der Waals surface area contributed by atoms with E-state index in [2.05, 4.69) is 0 Å². The first-order valence-electron chi connectivity index (χ1n) is 11.7. The fraction of sp³-hybridized carbons (Fsp3) is 0.423. The second kappa shape index (κ2) is 11.0. The Kier molecular flexibility index (Phi) is 7.77. The number of ether oxygens (including phenoxy) is 3. The highest BCUT2D eigenvalue weighted by Crippen LogP contribution is 2.33. The average Bonchev–Trinajstić information content (AvgIpc) is 3.59. The number of rotatable bonds is 11. The molecule has 0 radical (unpaired) electrons. The van der Waals surface area contributed by atoms with Gasteiger partial charge in [-0.15, -0.1) is 0 Å². The normalized spacial score (nSPS) is 19.1. The lowest BCUT2D eigenvalue weighted by Crippen LogP contribution is -2.41. The zero-order valence-electron chi connectivity index (χ0n) is 19.4. The third kappa shape index (κ3) is 6.53. The number of para-hydroxylation sites is 1. The number of carbonyl (C=O) groups excluding carboxylic acids is 1. The van der Waals surface area contributed by atoms with E-state index < -0.39 is 9.84 Å². The van der Waals surface area contributed by atoms with Crippen molar-refractivity contribution in [2.75, 3.05) is 31.3 Å². The molecule has 0 bridgehead atoms. The number of nitrogens with zero attached hydrogens (tertiary/aromatic N) is 1. The first-order chi connectivity index (χ1) is 16.4. The highest BCUT2D eigenvalue weighted by Gasteiger charge is 2.41. The van der Waals surface area contributed by atoms with Crippen LogP contribution in [0.5, 0.6) is 17.2 Å². The highest BCUT2D eigenvalue weighted by molar-refractivity contribution is 7.91. The van der Waals surface area contributed by atoms with Gasteiger partial charge in [0, 0.05) is 18.2 Å². The van der Waals surface area contributed by atoms with Gasteiger partial charge in [-0.25, -0.2) is 8.42 Å². The second-order valence-electron chi connectivity index (χ2n) is 8.52. The molecule has 8 heteroatoms. The van der Waals surface area contributed by atoms with Crippen molar-refractivity contribution in [1.29, 1.82) is 0 Å². The van der Waals surface area contributed by atoms with E-state index in [1.54, 1.807) is 11.0 Å². The van der Waals surface area contributed by atoms with Crippen molar-refractivity contribution in [2.24, 2.45) is 0 Å². The Balaban J connectivity index is 1.37. The van der Waals surface area contributed by atoms with E-state index in [0.29, 0.717) is 37.7 Å². The second-order valence-corrected chi connectivity index (χ2v) is 10.7. The average molecular weight is 486 g/mol. The van der Waals surface area contributed by atoms with Crippen molar-refractivity contribution >= 4 is 21.8 Å². The summed E-state index contributed by atoms with van der Waals surface area (Å²) >= 11 is 0. The van der Waals surface area contributed by atoms with E-state index in [1.165, 1.54) is 6.08 Å². The molecule has 7 nitrogen and oxygen atoms in total. The van der Waals surface area contributed by atoms with Crippen molar-refractivity contribution in [2.45, 2.75) is 38.3 Å². The Morgan fingerprint density at radius 3 is 2.41 bits per heavy atom. The van der Waals surface area contributed by atoms with Gasteiger partial charge in [0.15, 0.2) is 21.3 Å². The molecule has 182 valence electrons. The molecule has 1 saturated heterocycles. The highest BCUT2D eigenvalue weighted by atomic mass is 32.2. The molecule has 4 rings (SSSR count). The summed E-state index contributed by atoms with van der Waals surface area (Å²) in [6.07, 6.45) is 5.66. The maximum Gasteiger partial charge on any atom is 0.247 e. The molecule has 1 atom stereocenters. The number of hydrogen-bond donors (Lipinski definition) is 0. The van der Waals surface area contributed by atoms with E-state index in [-0.39, 0.29) is 29.5 Å². The van der Waals surface area contributed by atoms with Gasteiger partial charge in [0.2, 0.25) is 5.91 Å². The van der Waals surface area contributed by atoms with E-state index >= 15 is 0 Å². The molecule has 0 N–H and O–H groups in total. The Morgan fingerprint density at radius 2 is 1.74 bits per heavy atom. The fourth-order valence-corrected chi connectivity index (χ4v) is 5.81. The molecule has 2 aromatic carbocycles. The van der Waals surface area contributed by atoms with Crippen LogP contribution in [0, 0.1) is 0 Å². The van der Waals surface area contributed by atoms with Gasteiger partial charge in [-0.2, -0.15) is 0 Å². The predicted octanol–water partition coefficient (Wildman–Crippen LogP) is 3.73. The zero-order chi connectivity index (χ0) is 24.0. The number of sulfone groups is 1. The summed E-state index contributed by atoms with van der Waals surface area (Å²) < 4.78 is 41.0. The van der Waals surface area contributed by atoms with Crippen LogP contribution in [0.2, 0.25) is 0 Å². The SMILES string of the molecule is CCOc1cc(/C=C/C(=O)N(C2CC2)C2CCS(=O)(=O)C2)ccc1OCCOc1ccccc1. The molecule has 1 saturated carbocycles. The smallest absolute Gasteiger partial charge is 0.247 e. The largest absolute Gasteiger partial charge is 0.490 e. The lowest BCUT2D eigenvalue weighted by atomic mass is 10.1. The number of benzene rings is 2. The summed E-state index contributed by atoms with van der Waals surface area (Å²) in [5.41, 5.74) is 0.805. The quantitative estimate of drug-likeness (QED) is 0.356. The minimum atomic E-state index is -3.05. The van der Waals surface area contributed by atoms with Gasteiger partial charge in [-0.1, -0.05) is 24.3 Å². The molecule has 0 spiro atoms. The molecule has 0 aromatic heterocycles. The minimum Gasteiger partial charge on any atom is -0.490 e. The van der Waals surface area contributed by atoms with Crippen molar-refractivity contribution in [3.63, 3.8) is 0 Å². The van der Waals surface area contributed by atoms with E-state index in [4.69, 9.17) is 14.2 Å². The van der Waals surface area contributed by atoms with Crippen LogP contribution in [-0.2, 0) is 14.6 Å². The van der Waals surface area contributed by atoms with Crippen LogP contribution >= 0.6 is 0 Å². The van der Waals surface area contributed by atoms with Crippen LogP contribution in [0.4, 0.5) is 0 Å². The summed E-state index contributed by atoms with van der Waals surface area (Å²) in [5.74, 6) is 2.08. The standard InChI is InChI=1S/C26H31NO6S/c1-2-31-25-18-20(8-12-24(25)33-16-15-32-23-6-4-3-5-7-23)9-13-26(28)27(21-10-11-21)22-14-17-34(29,30)19-22/h3-9,12-13,18,21-22H,2,10-11,14-17,19H2,1H3/b13-9+. The maximum absolute atomic E-state index is 12.9. The van der Waals surface area contributed by atoms with Gasteiger partial charge in [0.05, 0.1) is 18.1 Å². The molecule has 1 heterocycles. The van der Waals surface area contributed by atoms with Crippen molar-refractivity contribution in [1.82, 2.24) is 4.90 Å². The molecule has 2 aliphatic rings. The monoisotopic (exact) mass is 485 g/mol. The van der Waals surface area contributed by atoms with Crippen LogP contribution in [-0.4, -0.2) is 62.6 Å². The molecule has 34 heavy (non-hydrogen) atoms. The molecule has 2 aromatic rings. The molecular weight excluding hydrogens is 454 g/mol. The summed E-state index contributed by atoms with van der Waals surface area (Å²) in [5, 5.41) is 0. The number of amides is 1. The third-order valence-electron chi connectivity index (χ3n) is 5.84. The van der Waals surface area contributed by atoms with E-state index in [1.807, 2.05) is 55.5 Å². The summed E-state index contributed by atoms with van der Waals surface area (Å²) in [6, 6.07) is 15.0. The number of carbonyl (C=O) groups is 1. The number of hydrogen-bond acceptors (Lipinski definition) is 6. The van der Waals surface area contributed by atoms with E-state index in [9.17, 15) is 13.2 Å². The van der Waals surface area contributed by atoms with Crippen LogP contribution < -0.4 is 14.2 Å². The van der Waals surface area contributed by atoms with Crippen molar-refractivity contribution < 1.29 is 27.4 Å². The zero-order valence-corrected chi connectivity index (χ0v) is 20.2. The van der Waals surface area contributed by atoms with Crippen LogP contribution in [0.15, 0.2) is 54.6 Å². The first kappa shape index (κ1) is 24.1. The Bertz CT molecular complexity index is 1110. The van der Waals surface area contributed by atoms with E-state index in [0.717, 1.165) is 24.2 Å². The maximum atomic E-state index is 12.9. The van der Waals surface area contributed by atoms with Gasteiger partial charge < -0.3 is 19.1 Å². The Labute approximate surface area is 201 Å². The molecule has 1 unspecified atom stereocenters. The van der Waals surface area contributed by atoms with Gasteiger partial charge in [-0.3, -0.25) is 4.79 Å². The molecular formula is C26H31NO6S. The molecule has 1 aliphatic carbocycles. The predicted molar refractivity (Wildman–Crippen MR) is 131 cm³/mol. The molecule has 1 amide bonds. The van der Waals surface area contributed by atoms with Gasteiger partial charge in [0.1, 0.15) is 19.0 Å². The summed E-state index contributed by atoms with van der Waals surface area (Å²) in [4.78, 5) is 14.7. The fourth-order valence-electron chi connectivity index (χ4n) is 4.10. The van der Waals surface area contributed by atoms with Crippen molar-refractivity contribution in [3.05, 3.63) is 60.2 Å². The van der Waals surface area contributed by atoms with Gasteiger partial charge in [-0.05, 0) is 62.1 Å². The van der Waals surface area contributed by atoms with Crippen molar-refractivity contribution in [3.8, 4) is 17.2 Å². The lowest BCUT2D eigenvalue weighted by Gasteiger charge is -2.27. The first-order valence-corrected chi connectivity index (χ1v) is 13.6. The summed E-state index contributed by atoms with van der Waals surface area (Å²) in [6.45, 7) is 3.15. The topological polar surface area (TPSA) is 82.1 Å². The Morgan fingerprint density at radius 1 is 0.971 bits per heavy atom. The molecule has 1 aliphatic heterocycles. The van der Waals surface area contributed by atoms with Crippen LogP contribution in [0.25, 0.3) is 6.08 Å². The molecule has 2 fully saturated rings. The van der Waals surface area contributed by atoms with Gasteiger partial charge >= 0.3 is 0 Å². The lowest BCUT2D eigenvalue weighted by molar-refractivity contribution is -0.128. The third-order valence-corrected chi connectivity index (χ3v) is 7.59. The van der Waals surface area contributed by atoms with Crippen LogP contribution in [0.3, 0.4) is 0 Å². The Hall–Kier alpha value is -3.00. The van der Waals surface area contributed by atoms with Crippen LogP contribution in [0.1, 0.15) is 31.7 Å². The van der Waals surface area contributed by atoms with Gasteiger partial charge in [0.25, 0.3) is 0 Å². The summed E-state index contributed by atoms with van der Waals surface area (Å²) in [7, 11) is -3.05.